The molecule has 0 radical (unpaired) electrons. The fourth-order valence-corrected chi connectivity index (χ4v) is 4.33. The predicted octanol–water partition coefficient (Wildman–Crippen LogP) is 2.63. The average molecular weight is 428 g/mol. The van der Waals surface area contributed by atoms with Gasteiger partial charge in [0.05, 0.1) is 5.69 Å². The largest absolute Gasteiger partial charge is 0.317 e. The number of aryl methyl sites for hydroxylation is 1. The fourth-order valence-electron chi connectivity index (χ4n) is 4.33. The van der Waals surface area contributed by atoms with Crippen LogP contribution in [0.1, 0.15) is 52.8 Å². The lowest BCUT2D eigenvalue weighted by atomic mass is 9.98. The number of nitrogens with one attached hydrogen (secondary N) is 2. The zero-order valence-corrected chi connectivity index (χ0v) is 17.8. The SMILES string of the molecule is Cl.Cn1nc(C2CCNCC2)nc1NC(=O)c1nn(-c2ccccc2)c2c1CCC2. The summed E-state index contributed by atoms with van der Waals surface area (Å²) in [5, 5.41) is 15.5. The Morgan fingerprint density at radius 2 is 1.90 bits per heavy atom. The molecular formula is C21H26ClN7O. The van der Waals surface area contributed by atoms with Crippen LogP contribution in [0.15, 0.2) is 30.3 Å². The van der Waals surface area contributed by atoms with Gasteiger partial charge in [0.1, 0.15) is 0 Å². The Bertz CT molecular complexity index is 1040. The predicted molar refractivity (Wildman–Crippen MR) is 117 cm³/mol. The van der Waals surface area contributed by atoms with Crippen molar-refractivity contribution in [3.05, 3.63) is 53.1 Å². The summed E-state index contributed by atoms with van der Waals surface area (Å²) < 4.78 is 3.57. The van der Waals surface area contributed by atoms with Crippen LogP contribution in [0.5, 0.6) is 0 Å². The summed E-state index contributed by atoms with van der Waals surface area (Å²) in [6, 6.07) is 9.98. The Balaban J connectivity index is 0.00000218. The zero-order chi connectivity index (χ0) is 19.8. The Morgan fingerprint density at radius 3 is 2.67 bits per heavy atom. The molecule has 5 rings (SSSR count). The molecule has 8 nitrogen and oxygen atoms in total. The summed E-state index contributed by atoms with van der Waals surface area (Å²) in [5.41, 5.74) is 3.66. The van der Waals surface area contributed by atoms with E-state index in [1.165, 1.54) is 0 Å². The number of carbonyl (C=O) groups excluding carboxylic acids is 1. The molecule has 1 amide bonds. The molecule has 1 aliphatic carbocycles. The molecule has 0 unspecified atom stereocenters. The molecule has 0 saturated carbocycles. The second kappa shape index (κ2) is 8.57. The van der Waals surface area contributed by atoms with Gasteiger partial charge in [-0.05, 0) is 57.3 Å². The maximum absolute atomic E-state index is 13.1. The number of fused-ring (bicyclic) bond motifs is 1. The van der Waals surface area contributed by atoms with E-state index >= 15 is 0 Å². The summed E-state index contributed by atoms with van der Waals surface area (Å²) >= 11 is 0. The van der Waals surface area contributed by atoms with Crippen molar-refractivity contribution < 1.29 is 4.79 Å². The first kappa shape index (κ1) is 20.6. The molecule has 0 bridgehead atoms. The lowest BCUT2D eigenvalue weighted by Gasteiger charge is -2.19. The van der Waals surface area contributed by atoms with Crippen molar-refractivity contribution in [2.45, 2.75) is 38.0 Å². The summed E-state index contributed by atoms with van der Waals surface area (Å²) in [6.07, 6.45) is 4.90. The Morgan fingerprint density at radius 1 is 1.13 bits per heavy atom. The first-order chi connectivity index (χ1) is 14.2. The topological polar surface area (TPSA) is 89.7 Å². The van der Waals surface area contributed by atoms with E-state index in [-0.39, 0.29) is 18.3 Å². The molecule has 2 N–H and O–H groups in total. The molecule has 3 heterocycles. The number of hydrogen-bond donors (Lipinski definition) is 2. The molecule has 0 atom stereocenters. The molecule has 30 heavy (non-hydrogen) atoms. The van der Waals surface area contributed by atoms with Crippen molar-refractivity contribution in [3.8, 4) is 5.69 Å². The first-order valence-electron chi connectivity index (χ1n) is 10.3. The molecular weight excluding hydrogens is 402 g/mol. The molecule has 0 spiro atoms. The second-order valence-corrected chi connectivity index (χ2v) is 7.77. The summed E-state index contributed by atoms with van der Waals surface area (Å²) in [4.78, 5) is 17.7. The number of carbonyl (C=O) groups is 1. The van der Waals surface area contributed by atoms with Crippen LogP contribution in [0.25, 0.3) is 5.69 Å². The van der Waals surface area contributed by atoms with Crippen molar-refractivity contribution in [2.24, 2.45) is 7.05 Å². The standard InChI is InChI=1S/C21H25N7O.ClH/c1-27-21(23-19(26-27)14-10-12-22-13-11-14)24-20(29)18-16-8-5-9-17(16)28(25-18)15-6-3-2-4-7-15;/h2-4,6-7,14,22H,5,8-13H2,1H3,(H,23,24,26,29);1H. The molecule has 1 aromatic carbocycles. The van der Waals surface area contributed by atoms with E-state index < -0.39 is 0 Å². The number of nitrogens with zero attached hydrogens (tertiary/aromatic N) is 5. The van der Waals surface area contributed by atoms with Gasteiger partial charge in [-0.3, -0.25) is 10.1 Å². The number of benzene rings is 1. The van der Waals surface area contributed by atoms with Crippen LogP contribution in [-0.2, 0) is 19.9 Å². The Kier molecular flexibility index (Phi) is 5.87. The lowest BCUT2D eigenvalue weighted by Crippen LogP contribution is -2.27. The van der Waals surface area contributed by atoms with Crippen LogP contribution in [-0.4, -0.2) is 43.5 Å². The number of halogens is 1. The quantitative estimate of drug-likeness (QED) is 0.668. The maximum Gasteiger partial charge on any atom is 0.278 e. The van der Waals surface area contributed by atoms with Gasteiger partial charge in [-0.15, -0.1) is 12.4 Å². The van der Waals surface area contributed by atoms with Crippen LogP contribution in [0.4, 0.5) is 5.95 Å². The molecule has 158 valence electrons. The van der Waals surface area contributed by atoms with E-state index in [2.05, 4.69) is 25.8 Å². The van der Waals surface area contributed by atoms with Crippen molar-refractivity contribution in [1.82, 2.24) is 29.9 Å². The van der Waals surface area contributed by atoms with Crippen LogP contribution in [0.3, 0.4) is 0 Å². The minimum absolute atomic E-state index is 0. The number of para-hydroxylation sites is 1. The van der Waals surface area contributed by atoms with Crippen molar-refractivity contribution in [1.29, 1.82) is 0 Å². The van der Waals surface area contributed by atoms with Gasteiger partial charge >= 0.3 is 0 Å². The van der Waals surface area contributed by atoms with Gasteiger partial charge in [-0.1, -0.05) is 18.2 Å². The minimum atomic E-state index is -0.217. The number of hydrogen-bond acceptors (Lipinski definition) is 5. The fraction of sp³-hybridized carbons (Fsp3) is 0.429. The van der Waals surface area contributed by atoms with Gasteiger partial charge in [0.2, 0.25) is 5.95 Å². The van der Waals surface area contributed by atoms with Gasteiger partial charge in [0.25, 0.3) is 5.91 Å². The monoisotopic (exact) mass is 427 g/mol. The van der Waals surface area contributed by atoms with Gasteiger partial charge in [0, 0.05) is 24.2 Å². The highest BCUT2D eigenvalue weighted by Gasteiger charge is 2.28. The van der Waals surface area contributed by atoms with E-state index in [1.54, 1.807) is 4.68 Å². The van der Waals surface area contributed by atoms with Crippen molar-refractivity contribution >= 4 is 24.3 Å². The zero-order valence-electron chi connectivity index (χ0n) is 17.0. The van der Waals surface area contributed by atoms with Crippen LogP contribution >= 0.6 is 12.4 Å². The van der Waals surface area contributed by atoms with E-state index in [9.17, 15) is 4.79 Å². The molecule has 9 heteroatoms. The molecule has 1 saturated heterocycles. The van der Waals surface area contributed by atoms with Gasteiger partial charge in [-0.25, -0.2) is 9.36 Å². The molecule has 1 aliphatic heterocycles. The normalized spacial score (nSPS) is 16.2. The van der Waals surface area contributed by atoms with E-state index in [1.807, 2.05) is 42.1 Å². The summed E-state index contributed by atoms with van der Waals surface area (Å²) in [6.45, 7) is 1.96. The molecule has 1 fully saturated rings. The third kappa shape index (κ3) is 3.73. The average Bonchev–Trinajstić information content (AvgIpc) is 3.45. The smallest absolute Gasteiger partial charge is 0.278 e. The van der Waals surface area contributed by atoms with Crippen LogP contribution < -0.4 is 10.6 Å². The molecule has 3 aromatic rings. The van der Waals surface area contributed by atoms with Crippen LogP contribution in [0.2, 0.25) is 0 Å². The third-order valence-electron chi connectivity index (χ3n) is 5.86. The molecule has 2 aliphatic rings. The highest BCUT2D eigenvalue weighted by atomic mass is 35.5. The Labute approximate surface area is 181 Å². The maximum atomic E-state index is 13.1. The first-order valence-corrected chi connectivity index (χ1v) is 10.3. The number of amides is 1. The van der Waals surface area contributed by atoms with Crippen molar-refractivity contribution in [2.75, 3.05) is 18.4 Å². The number of aromatic nitrogens is 5. The van der Waals surface area contributed by atoms with Crippen LogP contribution in [0, 0.1) is 0 Å². The van der Waals surface area contributed by atoms with Gasteiger partial charge in [-0.2, -0.15) is 15.2 Å². The number of rotatable bonds is 4. The van der Waals surface area contributed by atoms with E-state index in [0.29, 0.717) is 17.6 Å². The minimum Gasteiger partial charge on any atom is -0.317 e. The van der Waals surface area contributed by atoms with Crippen molar-refractivity contribution in [3.63, 3.8) is 0 Å². The van der Waals surface area contributed by atoms with Gasteiger partial charge in [0.15, 0.2) is 11.5 Å². The number of piperidine rings is 1. The number of anilines is 1. The second-order valence-electron chi connectivity index (χ2n) is 7.77. The highest BCUT2D eigenvalue weighted by Crippen LogP contribution is 2.28. The van der Waals surface area contributed by atoms with E-state index in [4.69, 9.17) is 0 Å². The third-order valence-corrected chi connectivity index (χ3v) is 5.86. The summed E-state index contributed by atoms with van der Waals surface area (Å²) in [7, 11) is 1.82. The van der Waals surface area contributed by atoms with E-state index in [0.717, 1.165) is 68.0 Å². The van der Waals surface area contributed by atoms with Gasteiger partial charge < -0.3 is 5.32 Å². The summed E-state index contributed by atoms with van der Waals surface area (Å²) in [5.74, 6) is 1.41. The molecule has 2 aromatic heterocycles. The Hall–Kier alpha value is -2.71. The highest BCUT2D eigenvalue weighted by molar-refractivity contribution is 6.03. The lowest BCUT2D eigenvalue weighted by molar-refractivity contribution is 0.101.